The van der Waals surface area contributed by atoms with Crippen molar-refractivity contribution in [1.82, 2.24) is 39.9 Å². The molecule has 9 aromatic rings. The fourth-order valence-corrected chi connectivity index (χ4v) is 6.90. The molecule has 0 aliphatic carbocycles. The van der Waals surface area contributed by atoms with Crippen molar-refractivity contribution in [2.75, 3.05) is 0 Å². The molecule has 0 unspecified atom stereocenters. The molecule has 0 spiro atoms. The van der Waals surface area contributed by atoms with Crippen LogP contribution in [0.1, 0.15) is 17.0 Å². The summed E-state index contributed by atoms with van der Waals surface area (Å²) < 4.78 is 0. The monoisotopic (exact) mass is 787 g/mol. The van der Waals surface area contributed by atoms with Gasteiger partial charge in [-0.3, -0.25) is 29.9 Å². The van der Waals surface area contributed by atoms with E-state index in [1.165, 1.54) is 0 Å². The maximum Gasteiger partial charge on any atom is 0.0900 e. The topological polar surface area (TPSA) is 129 Å². The van der Waals surface area contributed by atoms with Crippen LogP contribution >= 0.6 is 0 Å². The Labute approximate surface area is 353 Å². The maximum absolute atomic E-state index is 6.85. The van der Waals surface area contributed by atoms with Gasteiger partial charge in [0.2, 0.25) is 0 Å². The summed E-state index contributed by atoms with van der Waals surface area (Å²) in [5.74, 6) is 0. The fourth-order valence-electron chi connectivity index (χ4n) is 6.90. The third kappa shape index (κ3) is 8.81. The van der Waals surface area contributed by atoms with Crippen molar-refractivity contribution in [3.8, 4) is 67.8 Å². The second-order valence-corrected chi connectivity index (χ2v) is 14.1. The van der Waals surface area contributed by atoms with Crippen LogP contribution < -0.4 is 5.73 Å². The Kier molecular flexibility index (Phi) is 10.9. The zero-order chi connectivity index (χ0) is 41.4. The summed E-state index contributed by atoms with van der Waals surface area (Å²) in [4.78, 5) is 38.0. The fraction of sp³-hybridized carbons (Fsp3) is 0. The number of aromatic nitrogens is 8. The Morgan fingerprint density at radius 3 is 1.10 bits per heavy atom. The predicted octanol–water partition coefficient (Wildman–Crippen LogP) is 10.9. The van der Waals surface area contributed by atoms with E-state index in [0.717, 1.165) is 61.9 Å². The van der Waals surface area contributed by atoms with Crippen LogP contribution in [-0.2, 0) is 0 Å². The lowest BCUT2D eigenvalue weighted by molar-refractivity contribution is 1.22. The number of nitrogens with zero attached hydrogens (tertiary/aromatic N) is 8. The van der Waals surface area contributed by atoms with E-state index in [2.05, 4.69) is 78.9 Å². The lowest BCUT2D eigenvalue weighted by Gasteiger charge is -2.16. The minimum atomic E-state index is 0.491. The molecule has 0 radical (unpaired) electrons. The van der Waals surface area contributed by atoms with Gasteiger partial charge in [-0.25, -0.2) is 9.97 Å². The zero-order valence-electron chi connectivity index (χ0n) is 32.9. The van der Waals surface area contributed by atoms with Crippen LogP contribution in [0.3, 0.4) is 0 Å². The van der Waals surface area contributed by atoms with Crippen molar-refractivity contribution in [3.63, 3.8) is 0 Å². The molecule has 9 nitrogen and oxygen atoms in total. The van der Waals surface area contributed by atoms with Crippen LogP contribution in [0.25, 0.3) is 84.6 Å². The second kappa shape index (κ2) is 17.5. The molecule has 0 saturated carbocycles. The number of rotatable bonds is 11. The molecular formula is C52H37N9. The van der Waals surface area contributed by atoms with Crippen LogP contribution in [0.5, 0.6) is 0 Å². The molecule has 0 bridgehead atoms. The number of benzene rings is 1. The highest BCUT2D eigenvalue weighted by Gasteiger charge is 2.17. The molecule has 0 aliphatic heterocycles. The van der Waals surface area contributed by atoms with E-state index in [1.807, 2.05) is 121 Å². The van der Waals surface area contributed by atoms with E-state index >= 15 is 0 Å². The molecule has 0 aliphatic rings. The summed E-state index contributed by atoms with van der Waals surface area (Å²) >= 11 is 0. The molecule has 290 valence electrons. The summed E-state index contributed by atoms with van der Waals surface area (Å²) in [5, 5.41) is 0. The van der Waals surface area contributed by atoms with Crippen molar-refractivity contribution in [3.05, 3.63) is 225 Å². The number of pyridine rings is 8. The van der Waals surface area contributed by atoms with Crippen LogP contribution in [0.15, 0.2) is 208 Å². The molecule has 2 N–H and O–H groups in total. The Morgan fingerprint density at radius 2 is 0.738 bits per heavy atom. The third-order valence-corrected chi connectivity index (χ3v) is 9.89. The van der Waals surface area contributed by atoms with E-state index in [0.29, 0.717) is 39.7 Å². The molecule has 1 aromatic carbocycles. The summed E-state index contributed by atoms with van der Waals surface area (Å²) in [6.07, 6.45) is 14.5. The van der Waals surface area contributed by atoms with Gasteiger partial charge in [0.25, 0.3) is 0 Å². The van der Waals surface area contributed by atoms with Gasteiger partial charge in [-0.15, -0.1) is 0 Å². The molecule has 8 heterocycles. The van der Waals surface area contributed by atoms with Crippen LogP contribution in [-0.4, -0.2) is 39.9 Å². The average Bonchev–Trinajstić information content (AvgIpc) is 3.35. The van der Waals surface area contributed by atoms with E-state index in [-0.39, 0.29) is 0 Å². The molecule has 9 rings (SSSR count). The van der Waals surface area contributed by atoms with E-state index in [4.69, 9.17) is 15.7 Å². The molecule has 0 saturated heterocycles. The van der Waals surface area contributed by atoms with Crippen molar-refractivity contribution in [2.24, 2.45) is 5.73 Å². The van der Waals surface area contributed by atoms with Gasteiger partial charge >= 0.3 is 0 Å². The molecule has 0 atom stereocenters. The van der Waals surface area contributed by atoms with Crippen LogP contribution in [0, 0.1) is 0 Å². The molecule has 0 fully saturated rings. The standard InChI is InChI=1S/C52H37N9/c1-35(43-14-2-8-20-54-43)26-36(30-42(53)44-15-3-9-21-55-44)37-27-38(40-31-49(45-16-4-10-22-56-45)60-50(32-40)46-17-5-11-23-57-46)29-39(28-37)41-33-51(47-18-6-12-24-58-47)61-52(34-41)48-19-7-13-25-59-48/h2-34H,1,53H2/b36-26+,42-30-. The smallest absolute Gasteiger partial charge is 0.0900 e. The molecule has 61 heavy (non-hydrogen) atoms. The normalized spacial score (nSPS) is 11.6. The first kappa shape index (κ1) is 38.0. The highest BCUT2D eigenvalue weighted by atomic mass is 14.8. The molecule has 0 amide bonds. The lowest BCUT2D eigenvalue weighted by Crippen LogP contribution is -2.00. The van der Waals surface area contributed by atoms with Crippen LogP contribution in [0.4, 0.5) is 0 Å². The molecule has 9 heteroatoms. The van der Waals surface area contributed by atoms with Gasteiger partial charge in [0.15, 0.2) is 0 Å². The SMILES string of the molecule is C=C(/C=C(\C=C(/N)c1ccccn1)c1cc(-c2cc(-c3ccccn3)nc(-c3ccccn3)c2)cc(-c2cc(-c3ccccn3)nc(-c3ccccn3)c2)c1)c1ccccn1. The van der Waals surface area contributed by atoms with E-state index < -0.39 is 0 Å². The lowest BCUT2D eigenvalue weighted by atomic mass is 9.91. The zero-order valence-corrected chi connectivity index (χ0v) is 32.9. The Morgan fingerprint density at radius 1 is 0.377 bits per heavy atom. The van der Waals surface area contributed by atoms with Gasteiger partial charge < -0.3 is 5.73 Å². The van der Waals surface area contributed by atoms with Crippen molar-refractivity contribution < 1.29 is 0 Å². The minimum Gasteiger partial charge on any atom is -0.397 e. The van der Waals surface area contributed by atoms with Crippen LogP contribution in [0.2, 0.25) is 0 Å². The number of nitrogens with two attached hydrogens (primary N) is 1. The molecule has 8 aromatic heterocycles. The quantitative estimate of drug-likeness (QED) is 0.127. The first-order valence-electron chi connectivity index (χ1n) is 19.6. The van der Waals surface area contributed by atoms with Crippen molar-refractivity contribution in [1.29, 1.82) is 0 Å². The summed E-state index contributed by atoms with van der Waals surface area (Å²) in [5.41, 5.74) is 20.6. The summed E-state index contributed by atoms with van der Waals surface area (Å²) in [6.45, 7) is 4.44. The Bertz CT molecular complexity index is 2750. The summed E-state index contributed by atoms with van der Waals surface area (Å²) in [6, 6.07) is 49.5. The summed E-state index contributed by atoms with van der Waals surface area (Å²) in [7, 11) is 0. The second-order valence-electron chi connectivity index (χ2n) is 14.1. The van der Waals surface area contributed by atoms with Crippen molar-refractivity contribution in [2.45, 2.75) is 0 Å². The first-order valence-corrected chi connectivity index (χ1v) is 19.6. The number of hydrogen-bond acceptors (Lipinski definition) is 9. The van der Waals surface area contributed by atoms with Gasteiger partial charge in [-0.05, 0) is 166 Å². The Hall–Kier alpha value is -8.56. The van der Waals surface area contributed by atoms with Gasteiger partial charge in [-0.2, -0.15) is 0 Å². The third-order valence-electron chi connectivity index (χ3n) is 9.89. The van der Waals surface area contributed by atoms with E-state index in [1.54, 1.807) is 37.2 Å². The van der Waals surface area contributed by atoms with Crippen molar-refractivity contribution >= 4 is 16.8 Å². The highest BCUT2D eigenvalue weighted by Crippen LogP contribution is 2.37. The maximum atomic E-state index is 6.85. The number of allylic oxidation sites excluding steroid dienone is 4. The average molecular weight is 788 g/mol. The largest absolute Gasteiger partial charge is 0.397 e. The number of hydrogen-bond donors (Lipinski definition) is 1. The van der Waals surface area contributed by atoms with Gasteiger partial charge in [0, 0.05) is 37.2 Å². The van der Waals surface area contributed by atoms with Gasteiger partial charge in [0.1, 0.15) is 0 Å². The van der Waals surface area contributed by atoms with E-state index in [9.17, 15) is 0 Å². The highest BCUT2D eigenvalue weighted by molar-refractivity contribution is 5.93. The Balaban J connectivity index is 1.32. The minimum absolute atomic E-state index is 0.491. The molecular weight excluding hydrogens is 751 g/mol. The van der Waals surface area contributed by atoms with Gasteiger partial charge in [0.05, 0.1) is 62.6 Å². The van der Waals surface area contributed by atoms with Gasteiger partial charge in [-0.1, -0.05) is 43.0 Å². The first-order chi connectivity index (χ1) is 30.0. The predicted molar refractivity (Wildman–Crippen MR) is 243 cm³/mol.